The fraction of sp³-hybridized carbons (Fsp3) is 0.650. The molecule has 6 heteroatoms. The second kappa shape index (κ2) is 11.1. The van der Waals surface area contributed by atoms with E-state index in [4.69, 9.17) is 4.74 Å². The van der Waals surface area contributed by atoms with Gasteiger partial charge in [-0.25, -0.2) is 0 Å². The molecule has 0 bridgehead atoms. The van der Waals surface area contributed by atoms with Crippen LogP contribution in [0.2, 0.25) is 0 Å². The summed E-state index contributed by atoms with van der Waals surface area (Å²) in [5.74, 6) is 0.0288. The van der Waals surface area contributed by atoms with E-state index >= 15 is 0 Å². The Kier molecular flexibility index (Phi) is 9.52. The predicted molar refractivity (Wildman–Crippen MR) is 97.4 cm³/mol. The average molecular weight is 373 g/mol. The molecule has 0 aromatic rings. The Hall–Kier alpha value is -1.72. The number of amides is 1. The van der Waals surface area contributed by atoms with E-state index in [1.54, 1.807) is 12.2 Å². The van der Waals surface area contributed by atoms with E-state index in [9.17, 15) is 18.0 Å². The van der Waals surface area contributed by atoms with Crippen molar-refractivity contribution >= 4 is 5.91 Å². The molecule has 1 aliphatic carbocycles. The number of halogens is 3. The van der Waals surface area contributed by atoms with Crippen molar-refractivity contribution in [3.05, 3.63) is 35.6 Å². The standard InChI is InChI=1S/C20H30F3NO2/c1-4-7-15(2)8-6-13-24-19(25)14-26-17-10-5-9-16(3)18(12-11-17)20(21,22)23/h5,10-12,15-16H,4,6-9,13-14H2,1-3H3,(H,24,25)/b10-5?,17-11?,18-12+/t15-,16?/m0/s1. The number of hydrogen-bond acceptors (Lipinski definition) is 2. The molecule has 0 heterocycles. The van der Waals surface area contributed by atoms with Gasteiger partial charge in [-0.2, -0.15) is 13.2 Å². The molecule has 1 unspecified atom stereocenters. The zero-order valence-electron chi connectivity index (χ0n) is 15.9. The van der Waals surface area contributed by atoms with Gasteiger partial charge in [0.25, 0.3) is 5.91 Å². The number of carbonyl (C=O) groups is 1. The monoisotopic (exact) mass is 373 g/mol. The fourth-order valence-electron chi connectivity index (χ4n) is 2.89. The summed E-state index contributed by atoms with van der Waals surface area (Å²) in [6.45, 7) is 6.28. The third-order valence-corrected chi connectivity index (χ3v) is 4.40. The van der Waals surface area contributed by atoms with Crippen LogP contribution >= 0.6 is 0 Å². The van der Waals surface area contributed by atoms with Crippen LogP contribution in [-0.4, -0.2) is 25.2 Å². The smallest absolute Gasteiger partial charge is 0.412 e. The maximum Gasteiger partial charge on any atom is 0.412 e. The van der Waals surface area contributed by atoms with E-state index in [1.807, 2.05) is 0 Å². The number of nitrogens with one attached hydrogen (secondary N) is 1. The Balaban J connectivity index is 2.44. The summed E-state index contributed by atoms with van der Waals surface area (Å²) in [5, 5.41) is 2.78. The maximum atomic E-state index is 13.0. The van der Waals surface area contributed by atoms with Crippen molar-refractivity contribution in [3.63, 3.8) is 0 Å². The molecule has 0 aliphatic heterocycles. The Morgan fingerprint density at radius 1 is 1.35 bits per heavy atom. The van der Waals surface area contributed by atoms with Crippen molar-refractivity contribution in [3.8, 4) is 0 Å². The van der Waals surface area contributed by atoms with Crippen molar-refractivity contribution in [1.82, 2.24) is 5.32 Å². The minimum Gasteiger partial charge on any atom is -0.484 e. The van der Waals surface area contributed by atoms with Crippen LogP contribution in [0, 0.1) is 11.8 Å². The summed E-state index contributed by atoms with van der Waals surface area (Å²) in [4.78, 5) is 11.8. The molecular formula is C20H30F3NO2. The lowest BCUT2D eigenvalue weighted by Gasteiger charge is -2.18. The van der Waals surface area contributed by atoms with Crippen LogP contribution in [0.15, 0.2) is 35.6 Å². The number of hydrogen-bond donors (Lipinski definition) is 1. The zero-order valence-corrected chi connectivity index (χ0v) is 15.9. The minimum atomic E-state index is -4.36. The van der Waals surface area contributed by atoms with Crippen LogP contribution in [0.5, 0.6) is 0 Å². The van der Waals surface area contributed by atoms with Gasteiger partial charge in [0, 0.05) is 12.1 Å². The van der Waals surface area contributed by atoms with E-state index in [0.717, 1.165) is 25.3 Å². The highest BCUT2D eigenvalue weighted by molar-refractivity contribution is 5.77. The highest BCUT2D eigenvalue weighted by Gasteiger charge is 2.36. The molecule has 1 amide bonds. The quantitative estimate of drug-likeness (QED) is 0.557. The highest BCUT2D eigenvalue weighted by atomic mass is 19.4. The Morgan fingerprint density at radius 2 is 2.08 bits per heavy atom. The Bertz CT molecular complexity index is 536. The molecule has 1 N–H and O–H groups in total. The number of rotatable bonds is 9. The highest BCUT2D eigenvalue weighted by Crippen LogP contribution is 2.34. The van der Waals surface area contributed by atoms with Crippen LogP contribution in [0.1, 0.15) is 52.9 Å². The van der Waals surface area contributed by atoms with Crippen LogP contribution in [0.3, 0.4) is 0 Å². The first-order valence-electron chi connectivity index (χ1n) is 9.29. The molecule has 3 nitrogen and oxygen atoms in total. The van der Waals surface area contributed by atoms with Gasteiger partial charge in [-0.3, -0.25) is 4.79 Å². The van der Waals surface area contributed by atoms with Gasteiger partial charge in [0.05, 0.1) is 0 Å². The van der Waals surface area contributed by atoms with Gasteiger partial charge in [-0.1, -0.05) is 45.8 Å². The predicted octanol–water partition coefficient (Wildman–Crippen LogP) is 5.30. The van der Waals surface area contributed by atoms with E-state index in [0.29, 0.717) is 12.5 Å². The molecule has 0 radical (unpaired) electrons. The number of carbonyl (C=O) groups excluding carboxylic acids is 1. The summed E-state index contributed by atoms with van der Waals surface area (Å²) >= 11 is 0. The summed E-state index contributed by atoms with van der Waals surface area (Å²) in [6.07, 6.45) is 5.79. The van der Waals surface area contributed by atoms with Gasteiger partial charge in [0.1, 0.15) is 5.76 Å². The first kappa shape index (κ1) is 22.3. The van der Waals surface area contributed by atoms with Crippen molar-refractivity contribution < 1.29 is 22.7 Å². The van der Waals surface area contributed by atoms with Crippen molar-refractivity contribution in [2.24, 2.45) is 11.8 Å². The van der Waals surface area contributed by atoms with Gasteiger partial charge in [-0.05, 0) is 43.3 Å². The van der Waals surface area contributed by atoms with E-state index in [-0.39, 0.29) is 24.7 Å². The summed E-state index contributed by atoms with van der Waals surface area (Å²) in [6, 6.07) is 0. The number of ether oxygens (including phenoxy) is 1. The SMILES string of the molecule is CCC[C@H](C)CCCNC(=O)COC1=C/C=C(/C(F)(F)F)C(C)CC=C1. The Labute approximate surface area is 154 Å². The van der Waals surface area contributed by atoms with Gasteiger partial charge >= 0.3 is 6.18 Å². The van der Waals surface area contributed by atoms with Gasteiger partial charge in [-0.15, -0.1) is 0 Å². The third kappa shape index (κ3) is 8.59. The molecule has 0 spiro atoms. The second-order valence-corrected chi connectivity index (χ2v) is 6.90. The van der Waals surface area contributed by atoms with Gasteiger partial charge in [0.2, 0.25) is 0 Å². The van der Waals surface area contributed by atoms with Crippen molar-refractivity contribution in [2.75, 3.05) is 13.2 Å². The van der Waals surface area contributed by atoms with E-state index in [1.165, 1.54) is 19.4 Å². The zero-order chi connectivity index (χ0) is 19.6. The lowest BCUT2D eigenvalue weighted by Crippen LogP contribution is -2.28. The van der Waals surface area contributed by atoms with Gasteiger partial charge < -0.3 is 10.1 Å². The molecule has 0 aromatic carbocycles. The topological polar surface area (TPSA) is 38.3 Å². The van der Waals surface area contributed by atoms with Crippen molar-refractivity contribution in [2.45, 2.75) is 59.1 Å². The maximum absolute atomic E-state index is 13.0. The third-order valence-electron chi connectivity index (χ3n) is 4.40. The normalized spacial score (nSPS) is 21.1. The van der Waals surface area contributed by atoms with Crippen LogP contribution in [-0.2, 0) is 9.53 Å². The van der Waals surface area contributed by atoms with Crippen molar-refractivity contribution in [1.29, 1.82) is 0 Å². The molecular weight excluding hydrogens is 343 g/mol. The molecule has 0 fully saturated rings. The lowest BCUT2D eigenvalue weighted by molar-refractivity contribution is -0.124. The summed E-state index contributed by atoms with van der Waals surface area (Å²) in [7, 11) is 0. The number of alkyl halides is 3. The molecule has 1 rings (SSSR count). The fourth-order valence-corrected chi connectivity index (χ4v) is 2.89. The van der Waals surface area contributed by atoms with E-state index < -0.39 is 17.7 Å². The first-order valence-corrected chi connectivity index (χ1v) is 9.29. The molecule has 148 valence electrons. The molecule has 2 atom stereocenters. The molecule has 0 aromatic heterocycles. The first-order chi connectivity index (χ1) is 12.2. The molecule has 0 saturated heterocycles. The van der Waals surface area contributed by atoms with Crippen LogP contribution in [0.4, 0.5) is 13.2 Å². The molecule has 1 aliphatic rings. The Morgan fingerprint density at radius 3 is 2.73 bits per heavy atom. The molecule has 26 heavy (non-hydrogen) atoms. The minimum absolute atomic E-state index is 0.203. The largest absolute Gasteiger partial charge is 0.484 e. The van der Waals surface area contributed by atoms with Crippen LogP contribution < -0.4 is 5.32 Å². The van der Waals surface area contributed by atoms with Gasteiger partial charge in [0.15, 0.2) is 6.61 Å². The summed E-state index contributed by atoms with van der Waals surface area (Å²) in [5.41, 5.74) is -0.589. The average Bonchev–Trinajstić information content (AvgIpc) is 2.53. The van der Waals surface area contributed by atoms with Crippen LogP contribution in [0.25, 0.3) is 0 Å². The summed E-state index contributed by atoms with van der Waals surface area (Å²) < 4.78 is 44.3. The molecule has 0 saturated carbocycles. The second-order valence-electron chi connectivity index (χ2n) is 6.90. The number of allylic oxidation sites excluding steroid dienone is 5. The lowest BCUT2D eigenvalue weighted by atomic mass is 9.95. The van der Waals surface area contributed by atoms with E-state index in [2.05, 4.69) is 19.2 Å².